The molecule has 0 aliphatic carbocycles. The Kier molecular flexibility index (Phi) is 10.9. The second kappa shape index (κ2) is 14.2. The molecule has 6 nitrogen and oxygen atoms in total. The van der Waals surface area contributed by atoms with Gasteiger partial charge in [-0.15, -0.1) is 23.7 Å². The highest BCUT2D eigenvalue weighted by Gasteiger charge is 2.30. The molecule has 2 amide bonds. The van der Waals surface area contributed by atoms with Crippen LogP contribution < -0.4 is 4.90 Å². The van der Waals surface area contributed by atoms with E-state index in [4.69, 9.17) is 16.6 Å². The first-order chi connectivity index (χ1) is 18.5. The van der Waals surface area contributed by atoms with E-state index in [1.165, 1.54) is 9.04 Å². The number of carbonyl (C=O) groups excluding carboxylic acids is 2. The van der Waals surface area contributed by atoms with Gasteiger partial charge in [-0.3, -0.25) is 9.59 Å². The summed E-state index contributed by atoms with van der Waals surface area (Å²) in [5.41, 5.74) is 1.96. The molecule has 2 saturated heterocycles. The molecule has 5 rings (SSSR count). The van der Waals surface area contributed by atoms with Crippen molar-refractivity contribution in [3.63, 3.8) is 0 Å². The van der Waals surface area contributed by atoms with Crippen LogP contribution in [-0.2, 0) is 9.59 Å². The zero-order chi connectivity index (χ0) is 26.5. The molecule has 1 aromatic heterocycles. The summed E-state index contributed by atoms with van der Waals surface area (Å²) < 4.78 is 2.44. The second-order valence-corrected chi connectivity index (χ2v) is 13.2. The van der Waals surface area contributed by atoms with Gasteiger partial charge in [0.05, 0.1) is 10.2 Å². The molecule has 0 spiro atoms. The normalized spacial score (nSPS) is 17.2. The lowest BCUT2D eigenvalue weighted by Gasteiger charge is -2.35. The van der Waals surface area contributed by atoms with Crippen LogP contribution in [0.25, 0.3) is 10.2 Å². The first-order valence-electron chi connectivity index (χ1n) is 13.5. The van der Waals surface area contributed by atoms with E-state index >= 15 is 0 Å². The van der Waals surface area contributed by atoms with Crippen LogP contribution in [0.3, 0.4) is 0 Å². The van der Waals surface area contributed by atoms with Gasteiger partial charge in [-0.25, -0.2) is 4.98 Å². The number of rotatable bonds is 8. The van der Waals surface area contributed by atoms with Gasteiger partial charge < -0.3 is 14.7 Å². The van der Waals surface area contributed by atoms with Gasteiger partial charge in [0.2, 0.25) is 11.8 Å². The second-order valence-electron chi connectivity index (χ2n) is 10.2. The number of benzene rings is 2. The van der Waals surface area contributed by atoms with Gasteiger partial charge in [0.15, 0.2) is 4.34 Å². The number of para-hydroxylation sites is 1. The molecule has 3 aromatic rings. The molecule has 2 aromatic carbocycles. The summed E-state index contributed by atoms with van der Waals surface area (Å²) in [6.07, 6.45) is 4.67. The molecule has 0 N–H and O–H groups in total. The van der Waals surface area contributed by atoms with E-state index in [2.05, 4.69) is 23.1 Å². The van der Waals surface area contributed by atoms with E-state index in [1.54, 1.807) is 18.3 Å². The number of hydrogen-bond acceptors (Lipinski definition) is 6. The van der Waals surface area contributed by atoms with Crippen molar-refractivity contribution >= 4 is 74.8 Å². The summed E-state index contributed by atoms with van der Waals surface area (Å²) in [7, 11) is 0. The molecule has 0 bridgehead atoms. The topological polar surface area (TPSA) is 56.8 Å². The summed E-state index contributed by atoms with van der Waals surface area (Å²) in [6.45, 7) is 6.72. The highest BCUT2D eigenvalue weighted by molar-refractivity contribution is 8.01. The lowest BCUT2D eigenvalue weighted by Crippen LogP contribution is -2.45. The van der Waals surface area contributed by atoms with Crippen molar-refractivity contribution in [2.75, 3.05) is 44.2 Å². The molecule has 210 valence electrons. The summed E-state index contributed by atoms with van der Waals surface area (Å²) in [4.78, 5) is 36.4. The molecule has 0 saturated carbocycles. The largest absolute Gasteiger partial charge is 0.343 e. The van der Waals surface area contributed by atoms with Gasteiger partial charge in [-0.05, 0) is 82.1 Å². The maximum atomic E-state index is 13.6. The predicted molar refractivity (Wildman–Crippen MR) is 166 cm³/mol. The van der Waals surface area contributed by atoms with E-state index in [0.29, 0.717) is 29.9 Å². The molecule has 0 unspecified atom stereocenters. The molecule has 0 atom stereocenters. The Morgan fingerprint density at radius 2 is 1.79 bits per heavy atom. The van der Waals surface area contributed by atoms with Gasteiger partial charge in [0, 0.05) is 48.4 Å². The Labute approximate surface area is 250 Å². The van der Waals surface area contributed by atoms with Crippen LogP contribution in [0.5, 0.6) is 0 Å². The van der Waals surface area contributed by atoms with Crippen molar-refractivity contribution in [3.05, 3.63) is 53.6 Å². The van der Waals surface area contributed by atoms with E-state index in [9.17, 15) is 9.59 Å². The molecule has 3 heterocycles. The molecule has 2 aliphatic heterocycles. The maximum Gasteiger partial charge on any atom is 0.230 e. The van der Waals surface area contributed by atoms with Crippen molar-refractivity contribution < 1.29 is 9.59 Å². The fourth-order valence-electron chi connectivity index (χ4n) is 5.42. The molecule has 0 radical (unpaired) electrons. The minimum atomic E-state index is -0.0557. The van der Waals surface area contributed by atoms with Crippen LogP contribution >= 0.6 is 47.1 Å². The van der Waals surface area contributed by atoms with Crippen molar-refractivity contribution in [1.82, 2.24) is 14.8 Å². The third-order valence-electron chi connectivity index (χ3n) is 7.61. The average Bonchev–Trinajstić information content (AvgIpc) is 3.34. The third kappa shape index (κ3) is 7.88. The van der Waals surface area contributed by atoms with Crippen LogP contribution in [0.4, 0.5) is 5.69 Å². The molecular weight excluding hydrogens is 571 g/mol. The number of aromatic nitrogens is 1. The van der Waals surface area contributed by atoms with Gasteiger partial charge in [-0.2, -0.15) is 0 Å². The number of piperidine rings is 2. The highest BCUT2D eigenvalue weighted by atomic mass is 35.5. The zero-order valence-electron chi connectivity index (χ0n) is 22.3. The molecule has 10 heteroatoms. The Hall–Kier alpha value is -1.84. The van der Waals surface area contributed by atoms with Crippen LogP contribution in [0.15, 0.2) is 52.9 Å². The van der Waals surface area contributed by atoms with Crippen molar-refractivity contribution in [2.24, 2.45) is 5.92 Å². The molecule has 2 fully saturated rings. The lowest BCUT2D eigenvalue weighted by molar-refractivity contribution is -0.133. The number of anilines is 1. The van der Waals surface area contributed by atoms with Crippen molar-refractivity contribution in [1.29, 1.82) is 0 Å². The average molecular weight is 608 g/mol. The summed E-state index contributed by atoms with van der Waals surface area (Å²) in [5, 5.41) is 1.25. The van der Waals surface area contributed by atoms with E-state index in [1.807, 2.05) is 51.9 Å². The number of amides is 2. The monoisotopic (exact) mass is 606 g/mol. The van der Waals surface area contributed by atoms with E-state index in [0.717, 1.165) is 62.9 Å². The van der Waals surface area contributed by atoms with Crippen LogP contribution in [0.1, 0.15) is 39.0 Å². The SMILES string of the molecule is CC(=O)N1CCC(C(=O)N(CCCN2CCC(Sc3nc4ccccc4s3)CC2)c2cccc(Cl)c2)CC1.Cl. The number of thiazole rings is 1. The standard InChI is InChI=1S/C29H35ClN4O2S2.ClH/c1-21(35)33-18-10-22(11-19-33)28(36)34(24-7-4-6-23(30)20-24)15-5-14-32-16-12-25(13-17-32)37-29-31-26-8-2-3-9-27(26)38-29;/h2-4,6-9,20,22,25H,5,10-19H2,1H3;1H. The third-order valence-corrected chi connectivity index (χ3v) is 10.3. The number of thioether (sulfide) groups is 1. The fourth-order valence-corrected chi connectivity index (χ4v) is 8.05. The minimum absolute atomic E-state index is 0. The van der Waals surface area contributed by atoms with Crippen LogP contribution in [-0.4, -0.2) is 71.1 Å². The summed E-state index contributed by atoms with van der Waals surface area (Å²) in [5.74, 6) is 0.186. The Bertz CT molecular complexity index is 1220. The first kappa shape index (κ1) is 30.1. The first-order valence-corrected chi connectivity index (χ1v) is 15.6. The van der Waals surface area contributed by atoms with Gasteiger partial charge in [0.25, 0.3) is 0 Å². The number of hydrogen-bond donors (Lipinski definition) is 0. The van der Waals surface area contributed by atoms with Gasteiger partial charge in [-0.1, -0.05) is 41.6 Å². The van der Waals surface area contributed by atoms with Crippen molar-refractivity contribution in [2.45, 2.75) is 48.6 Å². The predicted octanol–water partition coefficient (Wildman–Crippen LogP) is 6.61. The van der Waals surface area contributed by atoms with Crippen LogP contribution in [0, 0.1) is 5.92 Å². The van der Waals surface area contributed by atoms with Gasteiger partial charge in [0.1, 0.15) is 0 Å². The van der Waals surface area contributed by atoms with E-state index in [-0.39, 0.29) is 30.1 Å². The smallest absolute Gasteiger partial charge is 0.230 e. The number of carbonyl (C=O) groups is 2. The molecular formula is C29H36Cl2N4O2S2. The van der Waals surface area contributed by atoms with E-state index < -0.39 is 0 Å². The number of fused-ring (bicyclic) bond motifs is 1. The Balaban J connectivity index is 0.00000353. The fraction of sp³-hybridized carbons (Fsp3) is 0.483. The minimum Gasteiger partial charge on any atom is -0.343 e. The molecule has 2 aliphatic rings. The quantitative estimate of drug-likeness (QED) is 0.289. The van der Waals surface area contributed by atoms with Gasteiger partial charge >= 0.3 is 0 Å². The summed E-state index contributed by atoms with van der Waals surface area (Å²) >= 11 is 10.0. The van der Waals surface area contributed by atoms with Crippen molar-refractivity contribution in [3.8, 4) is 0 Å². The summed E-state index contributed by atoms with van der Waals surface area (Å²) in [6, 6.07) is 16.0. The Morgan fingerprint density at radius 3 is 2.49 bits per heavy atom. The highest BCUT2D eigenvalue weighted by Crippen LogP contribution is 2.35. The lowest BCUT2D eigenvalue weighted by atomic mass is 9.94. The Morgan fingerprint density at radius 1 is 1.05 bits per heavy atom. The maximum absolute atomic E-state index is 13.6. The number of nitrogens with zero attached hydrogens (tertiary/aromatic N) is 4. The zero-order valence-corrected chi connectivity index (χ0v) is 25.5. The molecule has 39 heavy (non-hydrogen) atoms. The van der Waals surface area contributed by atoms with Crippen LogP contribution in [0.2, 0.25) is 5.02 Å². The number of likely N-dealkylation sites (tertiary alicyclic amines) is 2. The number of halogens is 2.